The molecule has 0 saturated heterocycles. The summed E-state index contributed by atoms with van der Waals surface area (Å²) in [5.74, 6) is 3.28. The predicted molar refractivity (Wildman–Crippen MR) is 67.6 cm³/mol. The molecule has 17 heavy (non-hydrogen) atoms. The maximum Gasteiger partial charge on any atom is 0.189 e. The van der Waals surface area contributed by atoms with E-state index in [0.717, 1.165) is 17.8 Å². The Hall–Kier alpha value is -0.770. The monoisotopic (exact) mass is 237 g/mol. The number of aliphatic hydroxyl groups is 1. The van der Waals surface area contributed by atoms with Crippen LogP contribution in [0.2, 0.25) is 0 Å². The quantitative estimate of drug-likeness (QED) is 0.503. The van der Waals surface area contributed by atoms with Gasteiger partial charge in [-0.15, -0.1) is 0 Å². The molecule has 0 unspecified atom stereocenters. The third-order valence-electron chi connectivity index (χ3n) is 4.81. The summed E-state index contributed by atoms with van der Waals surface area (Å²) in [6.45, 7) is 0.481. The van der Waals surface area contributed by atoms with Gasteiger partial charge in [-0.1, -0.05) is 0 Å². The van der Waals surface area contributed by atoms with Crippen LogP contribution in [0.3, 0.4) is 0 Å². The van der Waals surface area contributed by atoms with E-state index < -0.39 is 0 Å². The van der Waals surface area contributed by atoms with Gasteiger partial charge >= 0.3 is 0 Å². The molecule has 4 heteroatoms. The summed E-state index contributed by atoms with van der Waals surface area (Å²) in [6, 6.07) is 0. The molecule has 4 fully saturated rings. The van der Waals surface area contributed by atoms with Crippen molar-refractivity contribution >= 4 is 5.96 Å². The molecule has 4 aliphatic rings. The second kappa shape index (κ2) is 4.16. The van der Waals surface area contributed by atoms with Crippen molar-refractivity contribution in [3.05, 3.63) is 0 Å². The highest BCUT2D eigenvalue weighted by Gasteiger charge is 2.51. The second-order valence-electron chi connectivity index (χ2n) is 6.31. The lowest BCUT2D eigenvalue weighted by Crippen LogP contribution is -2.61. The van der Waals surface area contributed by atoms with Gasteiger partial charge in [-0.3, -0.25) is 4.99 Å². The van der Waals surface area contributed by atoms with E-state index in [2.05, 4.69) is 10.3 Å². The summed E-state index contributed by atoms with van der Waals surface area (Å²) in [4.78, 5) is 4.15. The Morgan fingerprint density at radius 1 is 1.18 bits per heavy atom. The van der Waals surface area contributed by atoms with Crippen molar-refractivity contribution in [1.29, 1.82) is 0 Å². The van der Waals surface area contributed by atoms with E-state index in [1.54, 1.807) is 0 Å². The Morgan fingerprint density at radius 2 is 1.71 bits per heavy atom. The Balaban J connectivity index is 1.69. The number of rotatable bonds is 3. The minimum atomic E-state index is 0.0727. The van der Waals surface area contributed by atoms with Gasteiger partial charge in [0.05, 0.1) is 13.2 Å². The Labute approximate surface area is 103 Å². The van der Waals surface area contributed by atoms with E-state index in [0.29, 0.717) is 12.5 Å². The first kappa shape index (κ1) is 11.3. The van der Waals surface area contributed by atoms with Crippen LogP contribution in [0.25, 0.3) is 0 Å². The summed E-state index contributed by atoms with van der Waals surface area (Å²) in [5, 5.41) is 12.2. The van der Waals surface area contributed by atoms with E-state index >= 15 is 0 Å². The fourth-order valence-corrected chi connectivity index (χ4v) is 4.75. The predicted octanol–water partition coefficient (Wildman–Crippen LogP) is 0.852. The highest BCUT2D eigenvalue weighted by molar-refractivity contribution is 5.78. The summed E-state index contributed by atoms with van der Waals surface area (Å²) in [5.41, 5.74) is 6.14. The zero-order valence-electron chi connectivity index (χ0n) is 10.4. The fourth-order valence-electron chi connectivity index (χ4n) is 4.75. The lowest BCUT2D eigenvalue weighted by Gasteiger charge is -2.57. The van der Waals surface area contributed by atoms with Crippen LogP contribution in [-0.4, -0.2) is 29.8 Å². The van der Waals surface area contributed by atoms with Gasteiger partial charge in [-0.2, -0.15) is 0 Å². The first-order valence-corrected chi connectivity index (χ1v) is 6.88. The Bertz CT molecular complexity index is 291. The zero-order valence-corrected chi connectivity index (χ0v) is 10.4. The van der Waals surface area contributed by atoms with Gasteiger partial charge in [0.25, 0.3) is 0 Å². The van der Waals surface area contributed by atoms with Crippen molar-refractivity contribution in [2.75, 3.05) is 13.2 Å². The van der Waals surface area contributed by atoms with Gasteiger partial charge in [0.1, 0.15) is 0 Å². The van der Waals surface area contributed by atoms with Crippen LogP contribution in [0.5, 0.6) is 0 Å². The smallest absolute Gasteiger partial charge is 0.189 e. The fraction of sp³-hybridized carbons (Fsp3) is 0.923. The Kier molecular flexibility index (Phi) is 2.77. The molecule has 0 aromatic carbocycles. The van der Waals surface area contributed by atoms with Crippen molar-refractivity contribution in [2.45, 2.75) is 44.1 Å². The molecule has 0 spiro atoms. The molecule has 0 aromatic heterocycles. The number of aliphatic imine (C=N–C) groups is 1. The normalized spacial score (nSPS) is 44.1. The standard InChI is InChI=1S/C13H23N3O/c14-12(15-1-2-17)16-13-6-9-3-10(7-13)5-11(4-9)8-13/h9-11,17H,1-8H2,(H3,14,15,16). The van der Waals surface area contributed by atoms with Crippen molar-refractivity contribution in [3.8, 4) is 0 Å². The zero-order chi connectivity index (χ0) is 11.9. The second-order valence-corrected chi connectivity index (χ2v) is 6.31. The average molecular weight is 237 g/mol. The van der Waals surface area contributed by atoms with Crippen LogP contribution < -0.4 is 11.1 Å². The van der Waals surface area contributed by atoms with Gasteiger partial charge in [-0.05, 0) is 56.3 Å². The molecule has 0 atom stereocenters. The molecule has 0 heterocycles. The van der Waals surface area contributed by atoms with E-state index in [1.807, 2.05) is 0 Å². The first-order chi connectivity index (χ1) is 8.19. The van der Waals surface area contributed by atoms with Gasteiger partial charge in [-0.25, -0.2) is 0 Å². The molecular weight excluding hydrogens is 214 g/mol. The molecule has 0 amide bonds. The molecule has 96 valence electrons. The van der Waals surface area contributed by atoms with Gasteiger partial charge in [0.15, 0.2) is 5.96 Å². The largest absolute Gasteiger partial charge is 0.394 e. The van der Waals surface area contributed by atoms with Crippen molar-refractivity contribution in [1.82, 2.24) is 5.32 Å². The molecule has 4 nitrogen and oxygen atoms in total. The molecule has 0 radical (unpaired) electrons. The lowest BCUT2D eigenvalue weighted by molar-refractivity contribution is -0.0102. The SMILES string of the molecule is NC(=NCCO)NC12CC3CC(CC(C3)C1)C2. The molecule has 4 N–H and O–H groups in total. The molecule has 0 aliphatic heterocycles. The van der Waals surface area contributed by atoms with Crippen LogP contribution in [0.15, 0.2) is 4.99 Å². The number of nitrogens with zero attached hydrogens (tertiary/aromatic N) is 1. The number of nitrogens with two attached hydrogens (primary N) is 1. The van der Waals surface area contributed by atoms with Gasteiger partial charge in [0, 0.05) is 5.54 Å². The molecule has 0 aromatic rings. The number of hydrogen-bond acceptors (Lipinski definition) is 2. The summed E-state index contributed by atoms with van der Waals surface area (Å²) < 4.78 is 0. The third kappa shape index (κ3) is 2.15. The van der Waals surface area contributed by atoms with Crippen molar-refractivity contribution in [2.24, 2.45) is 28.5 Å². The number of aliphatic hydroxyl groups excluding tert-OH is 1. The van der Waals surface area contributed by atoms with Crippen LogP contribution in [0.4, 0.5) is 0 Å². The average Bonchev–Trinajstić information content (AvgIpc) is 2.23. The minimum Gasteiger partial charge on any atom is -0.394 e. The minimum absolute atomic E-state index is 0.0727. The maximum atomic E-state index is 8.75. The van der Waals surface area contributed by atoms with Crippen LogP contribution >= 0.6 is 0 Å². The number of guanidine groups is 1. The molecule has 4 rings (SSSR count). The van der Waals surface area contributed by atoms with E-state index in [-0.39, 0.29) is 12.1 Å². The van der Waals surface area contributed by atoms with Gasteiger partial charge < -0.3 is 16.2 Å². The molecule has 4 saturated carbocycles. The Morgan fingerprint density at radius 3 is 2.18 bits per heavy atom. The summed E-state index contributed by atoms with van der Waals surface area (Å²) in [6.07, 6.45) is 8.13. The van der Waals surface area contributed by atoms with E-state index in [1.165, 1.54) is 38.5 Å². The highest BCUT2D eigenvalue weighted by Crippen LogP contribution is 2.55. The first-order valence-electron chi connectivity index (χ1n) is 6.88. The van der Waals surface area contributed by atoms with Crippen molar-refractivity contribution < 1.29 is 5.11 Å². The van der Waals surface area contributed by atoms with E-state index in [9.17, 15) is 0 Å². The number of hydrogen-bond donors (Lipinski definition) is 3. The maximum absolute atomic E-state index is 8.75. The van der Waals surface area contributed by atoms with Gasteiger partial charge in [0.2, 0.25) is 0 Å². The number of nitrogens with one attached hydrogen (secondary N) is 1. The summed E-state index contributed by atoms with van der Waals surface area (Å²) >= 11 is 0. The van der Waals surface area contributed by atoms with Crippen LogP contribution in [-0.2, 0) is 0 Å². The highest BCUT2D eigenvalue weighted by atomic mass is 16.3. The van der Waals surface area contributed by atoms with E-state index in [4.69, 9.17) is 10.8 Å². The summed E-state index contributed by atoms with van der Waals surface area (Å²) in [7, 11) is 0. The van der Waals surface area contributed by atoms with Crippen LogP contribution in [0, 0.1) is 17.8 Å². The lowest BCUT2D eigenvalue weighted by atomic mass is 9.53. The molecular formula is C13H23N3O. The topological polar surface area (TPSA) is 70.6 Å². The third-order valence-corrected chi connectivity index (χ3v) is 4.81. The van der Waals surface area contributed by atoms with Crippen LogP contribution in [0.1, 0.15) is 38.5 Å². The molecule has 4 aliphatic carbocycles. The van der Waals surface area contributed by atoms with Crippen molar-refractivity contribution in [3.63, 3.8) is 0 Å². The molecule has 4 bridgehead atoms.